The second-order valence-corrected chi connectivity index (χ2v) is 10.1. The van der Waals surface area contributed by atoms with Gasteiger partial charge in [-0.15, -0.1) is 0 Å². The van der Waals surface area contributed by atoms with Crippen molar-refractivity contribution in [2.45, 2.75) is 58.0 Å². The Morgan fingerprint density at radius 1 is 1.00 bits per heavy atom. The van der Waals surface area contributed by atoms with Crippen LogP contribution in [0.4, 0.5) is 0 Å². The van der Waals surface area contributed by atoms with Crippen molar-refractivity contribution >= 4 is 35.1 Å². The molecule has 3 aliphatic rings. The number of nitrogens with zero attached hydrogens (tertiary/aromatic N) is 1. The topological polar surface area (TPSA) is 32.6 Å². The fourth-order valence-electron chi connectivity index (χ4n) is 4.57. The molecule has 0 spiro atoms. The third-order valence-corrected chi connectivity index (χ3v) is 7.54. The second kappa shape index (κ2) is 6.06. The van der Waals surface area contributed by atoms with E-state index in [-0.39, 0.29) is 17.4 Å². The van der Waals surface area contributed by atoms with E-state index in [1.54, 1.807) is 0 Å². The Labute approximate surface area is 182 Å². The highest BCUT2D eigenvalue weighted by molar-refractivity contribution is 6.62. The molecule has 2 aliphatic heterocycles. The van der Waals surface area contributed by atoms with Crippen LogP contribution in [0, 0.1) is 5.92 Å². The van der Waals surface area contributed by atoms with Gasteiger partial charge in [-0.2, -0.15) is 0 Å². The molecule has 0 N–H and O–H groups in total. The summed E-state index contributed by atoms with van der Waals surface area (Å²) >= 11 is 6.96. The first-order valence-electron chi connectivity index (χ1n) is 10.7. The molecule has 6 rings (SSSR count). The van der Waals surface area contributed by atoms with Gasteiger partial charge in [-0.3, -0.25) is 0 Å². The molecule has 2 fully saturated rings. The number of fused-ring (bicyclic) bond motifs is 5. The monoisotopic (exact) mass is 421 g/mol. The van der Waals surface area contributed by atoms with Crippen molar-refractivity contribution in [1.29, 1.82) is 0 Å². The summed E-state index contributed by atoms with van der Waals surface area (Å²) in [5, 5.41) is 1.85. The number of halogens is 1. The number of benzene rings is 2. The summed E-state index contributed by atoms with van der Waals surface area (Å²) in [5.41, 5.74) is 3.38. The summed E-state index contributed by atoms with van der Waals surface area (Å²) in [6.45, 7) is 8.29. The summed E-state index contributed by atoms with van der Waals surface area (Å²) in [6, 6.07) is 14.5. The Bertz CT molecular complexity index is 1160. The SMILES string of the molecule is CC1(C)OB(c2ccc3c(c2)-c2c(Cl)c4ccccc4n2C(C2CC2)O3)OC1(C)C. The summed E-state index contributed by atoms with van der Waals surface area (Å²) in [7, 11) is -0.418. The van der Waals surface area contributed by atoms with E-state index in [4.69, 9.17) is 25.6 Å². The van der Waals surface area contributed by atoms with Crippen molar-refractivity contribution < 1.29 is 14.0 Å². The van der Waals surface area contributed by atoms with Gasteiger partial charge in [0, 0.05) is 16.9 Å². The fraction of sp³-hybridized carbons (Fsp3) is 0.417. The van der Waals surface area contributed by atoms with Gasteiger partial charge in [-0.25, -0.2) is 0 Å². The molecular formula is C24H25BClNO3. The van der Waals surface area contributed by atoms with E-state index < -0.39 is 7.12 Å². The largest absolute Gasteiger partial charge is 0.494 e. The molecule has 154 valence electrons. The molecule has 1 atom stereocenters. The zero-order valence-corrected chi connectivity index (χ0v) is 18.5. The second-order valence-electron chi connectivity index (χ2n) is 9.74. The maximum Gasteiger partial charge on any atom is 0.494 e. The van der Waals surface area contributed by atoms with Crippen molar-refractivity contribution in [1.82, 2.24) is 4.57 Å². The van der Waals surface area contributed by atoms with Crippen LogP contribution in [-0.2, 0) is 9.31 Å². The smallest absolute Gasteiger partial charge is 0.469 e. The summed E-state index contributed by atoms with van der Waals surface area (Å²) < 4.78 is 21.4. The van der Waals surface area contributed by atoms with Crippen LogP contribution in [0.1, 0.15) is 46.8 Å². The van der Waals surface area contributed by atoms with Gasteiger partial charge in [0.1, 0.15) is 5.75 Å². The quantitative estimate of drug-likeness (QED) is 0.508. The minimum atomic E-state index is -0.418. The van der Waals surface area contributed by atoms with Gasteiger partial charge in [-0.05, 0) is 64.2 Å². The van der Waals surface area contributed by atoms with Crippen LogP contribution >= 0.6 is 11.6 Å². The molecule has 6 heteroatoms. The molecule has 3 heterocycles. The van der Waals surface area contributed by atoms with E-state index >= 15 is 0 Å². The number of para-hydroxylation sites is 1. The normalized spacial score (nSPS) is 23.9. The number of hydrogen-bond acceptors (Lipinski definition) is 3. The van der Waals surface area contributed by atoms with Crippen LogP contribution in [0.3, 0.4) is 0 Å². The number of hydrogen-bond donors (Lipinski definition) is 0. The molecule has 4 nitrogen and oxygen atoms in total. The lowest BCUT2D eigenvalue weighted by Gasteiger charge is -2.32. The van der Waals surface area contributed by atoms with Gasteiger partial charge >= 0.3 is 7.12 Å². The standard InChI is InChI=1S/C24H25BClNO3/c1-23(2)24(3,4)30-25(29-23)15-11-12-19-17(13-15)21-20(26)16-7-5-6-8-18(16)27(21)22(28-19)14-9-10-14/h5-8,11-14,22H,9-10H2,1-4H3. The van der Waals surface area contributed by atoms with Crippen molar-refractivity contribution in [2.75, 3.05) is 0 Å². The number of rotatable bonds is 2. The Morgan fingerprint density at radius 3 is 2.40 bits per heavy atom. The van der Waals surface area contributed by atoms with Crippen LogP contribution in [0.15, 0.2) is 42.5 Å². The molecule has 1 saturated carbocycles. The predicted molar refractivity (Wildman–Crippen MR) is 120 cm³/mol. The Hall–Kier alpha value is -1.95. The Kier molecular flexibility index (Phi) is 3.80. The molecule has 0 radical (unpaired) electrons. The van der Waals surface area contributed by atoms with Gasteiger partial charge in [-0.1, -0.05) is 35.9 Å². The van der Waals surface area contributed by atoms with Gasteiger partial charge in [0.05, 0.1) is 27.4 Å². The van der Waals surface area contributed by atoms with Crippen LogP contribution in [0.5, 0.6) is 5.75 Å². The van der Waals surface area contributed by atoms with Gasteiger partial charge in [0.25, 0.3) is 0 Å². The van der Waals surface area contributed by atoms with Crippen molar-refractivity contribution in [3.63, 3.8) is 0 Å². The average Bonchev–Trinajstić information content (AvgIpc) is 3.47. The number of aromatic nitrogens is 1. The van der Waals surface area contributed by atoms with Crippen molar-refractivity contribution in [3.05, 3.63) is 47.5 Å². The Morgan fingerprint density at radius 2 is 1.70 bits per heavy atom. The van der Waals surface area contributed by atoms with Gasteiger partial charge in [0.15, 0.2) is 6.23 Å². The molecule has 30 heavy (non-hydrogen) atoms. The van der Waals surface area contributed by atoms with E-state index in [0.717, 1.165) is 38.4 Å². The first-order chi connectivity index (χ1) is 14.3. The lowest BCUT2D eigenvalue weighted by atomic mass is 9.78. The van der Waals surface area contributed by atoms with Crippen molar-refractivity contribution in [2.24, 2.45) is 5.92 Å². The molecule has 0 amide bonds. The first kappa shape index (κ1) is 18.8. The lowest BCUT2D eigenvalue weighted by molar-refractivity contribution is 0.00578. The highest BCUT2D eigenvalue weighted by Crippen LogP contribution is 2.52. The lowest BCUT2D eigenvalue weighted by Crippen LogP contribution is -2.41. The van der Waals surface area contributed by atoms with E-state index in [2.05, 4.69) is 62.6 Å². The molecule has 1 saturated heterocycles. The summed E-state index contributed by atoms with van der Waals surface area (Å²) in [4.78, 5) is 0. The maximum atomic E-state index is 6.96. The number of ether oxygens (including phenoxy) is 1. The summed E-state index contributed by atoms with van der Waals surface area (Å²) in [5.74, 6) is 1.41. The minimum absolute atomic E-state index is 0.00685. The van der Waals surface area contributed by atoms with E-state index in [1.165, 1.54) is 12.8 Å². The zero-order valence-electron chi connectivity index (χ0n) is 17.7. The third kappa shape index (κ3) is 2.55. The fourth-order valence-corrected chi connectivity index (χ4v) is 4.92. The van der Waals surface area contributed by atoms with E-state index in [9.17, 15) is 0 Å². The van der Waals surface area contributed by atoms with Crippen LogP contribution in [0.25, 0.3) is 22.2 Å². The van der Waals surface area contributed by atoms with Gasteiger partial charge in [0.2, 0.25) is 0 Å². The molecule has 1 aliphatic carbocycles. The Balaban J connectivity index is 1.52. The highest BCUT2D eigenvalue weighted by atomic mass is 35.5. The summed E-state index contributed by atoms with van der Waals surface area (Å²) in [6.07, 6.45) is 2.37. The molecule has 3 aromatic rings. The molecule has 1 aromatic heterocycles. The van der Waals surface area contributed by atoms with Gasteiger partial charge < -0.3 is 18.6 Å². The van der Waals surface area contributed by atoms with Crippen molar-refractivity contribution in [3.8, 4) is 17.0 Å². The van der Waals surface area contributed by atoms with Crippen LogP contribution in [-0.4, -0.2) is 22.9 Å². The molecule has 0 bridgehead atoms. The molecule has 1 unspecified atom stereocenters. The van der Waals surface area contributed by atoms with E-state index in [0.29, 0.717) is 5.92 Å². The van der Waals surface area contributed by atoms with Crippen LogP contribution < -0.4 is 10.2 Å². The molecular weight excluding hydrogens is 397 g/mol. The third-order valence-electron chi connectivity index (χ3n) is 7.16. The molecule has 2 aromatic carbocycles. The van der Waals surface area contributed by atoms with E-state index in [1.807, 2.05) is 12.1 Å². The average molecular weight is 422 g/mol. The maximum absolute atomic E-state index is 6.96. The first-order valence-corrected chi connectivity index (χ1v) is 11.1. The zero-order chi connectivity index (χ0) is 20.8. The highest BCUT2D eigenvalue weighted by Gasteiger charge is 2.52. The predicted octanol–water partition coefficient (Wildman–Crippen LogP) is 5.56. The van der Waals surface area contributed by atoms with Crippen LogP contribution in [0.2, 0.25) is 5.02 Å². The minimum Gasteiger partial charge on any atom is -0.469 e.